The van der Waals surface area contributed by atoms with Crippen LogP contribution in [0, 0.1) is 0 Å². The van der Waals surface area contributed by atoms with Crippen LogP contribution in [-0.4, -0.2) is 24.9 Å². The van der Waals surface area contributed by atoms with E-state index in [2.05, 4.69) is 48.8 Å². The molecular weight excluding hydrogens is 516 g/mol. The molecule has 0 aliphatic rings. The lowest BCUT2D eigenvalue weighted by molar-refractivity contribution is -0.123. The molecule has 0 saturated carbocycles. The van der Waals surface area contributed by atoms with E-state index in [4.69, 9.17) is 0 Å². The third kappa shape index (κ3) is 34.6. The van der Waals surface area contributed by atoms with Crippen LogP contribution >= 0.6 is 0 Å². The summed E-state index contributed by atoms with van der Waals surface area (Å²) in [6.07, 6.45) is 43.7. The van der Waals surface area contributed by atoms with Crippen LogP contribution in [0.3, 0.4) is 0 Å². The van der Waals surface area contributed by atoms with Crippen molar-refractivity contribution < 1.29 is 9.59 Å². The van der Waals surface area contributed by atoms with Gasteiger partial charge in [0.15, 0.2) is 0 Å². The first-order valence-corrected chi connectivity index (χ1v) is 18.5. The van der Waals surface area contributed by atoms with Gasteiger partial charge in [-0.3, -0.25) is 9.59 Å². The number of rotatable bonds is 33. The van der Waals surface area contributed by atoms with Crippen molar-refractivity contribution in [2.45, 2.75) is 194 Å². The molecular formula is C38H72N2O2. The third-order valence-electron chi connectivity index (χ3n) is 8.10. The molecule has 0 saturated heterocycles. The van der Waals surface area contributed by atoms with Crippen molar-refractivity contribution in [2.24, 2.45) is 0 Å². The highest BCUT2D eigenvalue weighted by Gasteiger charge is 2.02. The van der Waals surface area contributed by atoms with Gasteiger partial charge in [0.1, 0.15) is 0 Å². The molecule has 0 bridgehead atoms. The van der Waals surface area contributed by atoms with E-state index in [1.807, 2.05) is 0 Å². The minimum Gasteiger partial charge on any atom is -0.354 e. The molecule has 2 N–H and O–H groups in total. The molecule has 0 fully saturated rings. The Morgan fingerprint density at radius 2 is 0.643 bits per heavy atom. The Morgan fingerprint density at radius 1 is 0.381 bits per heavy atom. The summed E-state index contributed by atoms with van der Waals surface area (Å²) in [5, 5.41) is 5.86. The number of nitrogens with one attached hydrogen (secondary N) is 2. The van der Waals surface area contributed by atoms with Crippen molar-refractivity contribution >= 4 is 11.8 Å². The highest BCUT2D eigenvalue weighted by molar-refractivity contribution is 5.77. The summed E-state index contributed by atoms with van der Waals surface area (Å²) in [6, 6.07) is 0. The normalized spacial score (nSPS) is 11.6. The highest BCUT2D eigenvalue weighted by Crippen LogP contribution is 2.12. The second kappa shape index (κ2) is 35.6. The van der Waals surface area contributed by atoms with Gasteiger partial charge in [-0.15, -0.1) is 0 Å². The Bertz CT molecular complexity index is 575. The molecule has 0 radical (unpaired) electrons. The molecule has 0 aromatic rings. The van der Waals surface area contributed by atoms with E-state index in [1.54, 1.807) is 0 Å². The van der Waals surface area contributed by atoms with E-state index in [0.717, 1.165) is 38.5 Å². The molecule has 0 atom stereocenters. The average Bonchev–Trinajstić information content (AvgIpc) is 2.99. The lowest BCUT2D eigenvalue weighted by atomic mass is 10.1. The number of allylic oxidation sites excluding steroid dienone is 4. The van der Waals surface area contributed by atoms with Crippen molar-refractivity contribution in [2.75, 3.05) is 13.1 Å². The largest absolute Gasteiger partial charge is 0.354 e. The van der Waals surface area contributed by atoms with E-state index >= 15 is 0 Å². The van der Waals surface area contributed by atoms with Crippen molar-refractivity contribution in [1.29, 1.82) is 0 Å². The van der Waals surface area contributed by atoms with Crippen LogP contribution in [0.15, 0.2) is 24.3 Å². The van der Waals surface area contributed by atoms with Gasteiger partial charge in [-0.05, 0) is 64.2 Å². The van der Waals surface area contributed by atoms with E-state index in [0.29, 0.717) is 25.9 Å². The maximum absolute atomic E-state index is 12.0. The van der Waals surface area contributed by atoms with Crippen molar-refractivity contribution in [3.05, 3.63) is 24.3 Å². The lowest BCUT2D eigenvalue weighted by Crippen LogP contribution is -2.34. The van der Waals surface area contributed by atoms with Gasteiger partial charge in [0.2, 0.25) is 11.8 Å². The number of hydrogen-bond acceptors (Lipinski definition) is 2. The van der Waals surface area contributed by atoms with Crippen molar-refractivity contribution in [3.63, 3.8) is 0 Å². The molecule has 2 amide bonds. The van der Waals surface area contributed by atoms with Crippen LogP contribution in [-0.2, 0) is 9.59 Å². The molecule has 0 spiro atoms. The minimum atomic E-state index is 0.0946. The Hall–Kier alpha value is -1.58. The minimum absolute atomic E-state index is 0.0946. The first-order valence-electron chi connectivity index (χ1n) is 18.5. The summed E-state index contributed by atoms with van der Waals surface area (Å²) < 4.78 is 0. The average molecular weight is 589 g/mol. The first-order chi connectivity index (χ1) is 20.7. The van der Waals surface area contributed by atoms with E-state index < -0.39 is 0 Å². The maximum atomic E-state index is 12.0. The van der Waals surface area contributed by atoms with E-state index in [-0.39, 0.29) is 11.8 Å². The Labute approximate surface area is 262 Å². The smallest absolute Gasteiger partial charge is 0.220 e. The van der Waals surface area contributed by atoms with Crippen LogP contribution in [0.1, 0.15) is 194 Å². The predicted octanol–water partition coefficient (Wildman–Crippen LogP) is 11.3. The van der Waals surface area contributed by atoms with Crippen LogP contribution < -0.4 is 10.6 Å². The molecule has 0 heterocycles. The summed E-state index contributed by atoms with van der Waals surface area (Å²) in [5.41, 5.74) is 0. The number of carbonyl (C=O) groups is 2. The number of amides is 2. The second-order valence-electron chi connectivity index (χ2n) is 12.4. The summed E-state index contributed by atoms with van der Waals surface area (Å²) >= 11 is 0. The van der Waals surface area contributed by atoms with Gasteiger partial charge < -0.3 is 10.6 Å². The molecule has 246 valence electrons. The van der Waals surface area contributed by atoms with Gasteiger partial charge in [0.05, 0.1) is 0 Å². The van der Waals surface area contributed by atoms with Gasteiger partial charge in [-0.1, -0.05) is 141 Å². The molecule has 0 aliphatic carbocycles. The van der Waals surface area contributed by atoms with E-state index in [9.17, 15) is 9.59 Å². The predicted molar refractivity (Wildman–Crippen MR) is 185 cm³/mol. The molecule has 42 heavy (non-hydrogen) atoms. The van der Waals surface area contributed by atoms with Gasteiger partial charge >= 0.3 is 0 Å². The van der Waals surface area contributed by atoms with Gasteiger partial charge in [0, 0.05) is 25.9 Å². The Morgan fingerprint density at radius 3 is 0.952 bits per heavy atom. The topological polar surface area (TPSA) is 58.2 Å². The Kier molecular flexibility index (Phi) is 34.3. The fraction of sp³-hybridized carbons (Fsp3) is 0.842. The zero-order valence-corrected chi connectivity index (χ0v) is 28.3. The number of unbranched alkanes of at least 4 members (excludes halogenated alkanes) is 22. The van der Waals surface area contributed by atoms with Gasteiger partial charge in [-0.25, -0.2) is 0 Å². The zero-order chi connectivity index (χ0) is 30.6. The summed E-state index contributed by atoms with van der Waals surface area (Å²) in [7, 11) is 0. The number of hydrogen-bond donors (Lipinski definition) is 2. The molecule has 4 heteroatoms. The standard InChI is InChI=1S/C38H72N2O2/c1-3-5-7-9-11-13-15-17-19-21-23-25-27-29-31-33-37(41)39-35-36-40-38(42)34-32-30-28-26-24-22-20-18-16-14-12-10-8-6-4-2/h23-26H,3-22,27-36H2,1-2H3,(H,39,41)(H,40,42)/b25-23-,26-24-. The SMILES string of the molecule is CCCCCCCCCCC/C=C\CCCCC(=O)NCCNC(=O)CCCC/C=C\CCCCCCCCCCC. The first kappa shape index (κ1) is 40.4. The molecule has 0 aromatic heterocycles. The molecule has 0 rings (SSSR count). The zero-order valence-electron chi connectivity index (χ0n) is 28.3. The Balaban J connectivity index is 3.36. The van der Waals surface area contributed by atoms with Crippen LogP contribution in [0.5, 0.6) is 0 Å². The lowest BCUT2D eigenvalue weighted by Gasteiger charge is -2.07. The van der Waals surface area contributed by atoms with Crippen LogP contribution in [0.2, 0.25) is 0 Å². The third-order valence-corrected chi connectivity index (χ3v) is 8.10. The summed E-state index contributed by atoms with van der Waals surface area (Å²) in [4.78, 5) is 24.0. The van der Waals surface area contributed by atoms with Crippen molar-refractivity contribution in [1.82, 2.24) is 10.6 Å². The monoisotopic (exact) mass is 589 g/mol. The second-order valence-corrected chi connectivity index (χ2v) is 12.4. The molecule has 0 aromatic carbocycles. The highest BCUT2D eigenvalue weighted by atomic mass is 16.2. The van der Waals surface area contributed by atoms with Crippen molar-refractivity contribution in [3.8, 4) is 0 Å². The number of carbonyl (C=O) groups excluding carboxylic acids is 2. The molecule has 4 nitrogen and oxygen atoms in total. The quantitative estimate of drug-likeness (QED) is 0.0591. The van der Waals surface area contributed by atoms with E-state index in [1.165, 1.54) is 128 Å². The summed E-state index contributed by atoms with van der Waals surface area (Å²) in [5.74, 6) is 0.189. The van der Waals surface area contributed by atoms with Crippen LogP contribution in [0.25, 0.3) is 0 Å². The fourth-order valence-corrected chi connectivity index (χ4v) is 5.29. The fourth-order valence-electron chi connectivity index (χ4n) is 5.29. The van der Waals surface area contributed by atoms with Gasteiger partial charge in [0.25, 0.3) is 0 Å². The molecule has 0 aliphatic heterocycles. The van der Waals surface area contributed by atoms with Gasteiger partial charge in [-0.2, -0.15) is 0 Å². The maximum Gasteiger partial charge on any atom is 0.220 e. The van der Waals surface area contributed by atoms with Crippen LogP contribution in [0.4, 0.5) is 0 Å². The molecule has 0 unspecified atom stereocenters. The summed E-state index contributed by atoms with van der Waals surface area (Å²) in [6.45, 7) is 5.59.